The summed E-state index contributed by atoms with van der Waals surface area (Å²) in [7, 11) is 1.72. The topological polar surface area (TPSA) is 32.3 Å². The van der Waals surface area contributed by atoms with Gasteiger partial charge in [-0.1, -0.05) is 29.1 Å². The Morgan fingerprint density at radius 1 is 1.39 bits per heavy atom. The molecule has 0 fully saturated rings. The van der Waals surface area contributed by atoms with Gasteiger partial charge in [0.1, 0.15) is 0 Å². The Balaban J connectivity index is 2.55. The first-order valence-corrected chi connectivity index (χ1v) is 6.11. The van der Waals surface area contributed by atoms with Crippen LogP contribution in [0.3, 0.4) is 0 Å². The molecule has 3 nitrogen and oxygen atoms in total. The minimum Gasteiger partial charge on any atom is -0.340 e. The molecule has 0 radical (unpaired) electrons. The van der Waals surface area contributed by atoms with E-state index in [0.717, 1.165) is 5.56 Å². The van der Waals surface area contributed by atoms with Gasteiger partial charge in [-0.25, -0.2) is 0 Å². The van der Waals surface area contributed by atoms with Gasteiger partial charge >= 0.3 is 0 Å². The smallest absolute Gasteiger partial charge is 0.236 e. The quantitative estimate of drug-likeness (QED) is 0.664. The lowest BCUT2D eigenvalue weighted by Crippen LogP contribution is -2.35. The van der Waals surface area contributed by atoms with Crippen LogP contribution in [0.15, 0.2) is 18.2 Å². The third kappa shape index (κ3) is 4.97. The highest BCUT2D eigenvalue weighted by Gasteiger charge is 2.09. The number of nitrogens with zero attached hydrogens (tertiary/aromatic N) is 1. The van der Waals surface area contributed by atoms with Gasteiger partial charge in [0.2, 0.25) is 5.91 Å². The molecule has 0 aromatic heterocycles. The molecule has 0 atom stereocenters. The molecular formula is C13H14Cl2N2O. The normalized spacial score (nSPS) is 9.89. The van der Waals surface area contributed by atoms with E-state index in [9.17, 15) is 4.79 Å². The number of halogens is 2. The van der Waals surface area contributed by atoms with Crippen LogP contribution < -0.4 is 5.32 Å². The fourth-order valence-electron chi connectivity index (χ4n) is 1.44. The maximum Gasteiger partial charge on any atom is 0.236 e. The molecule has 96 valence electrons. The van der Waals surface area contributed by atoms with E-state index in [1.807, 2.05) is 0 Å². The summed E-state index contributed by atoms with van der Waals surface area (Å²) >= 11 is 11.8. The van der Waals surface area contributed by atoms with Gasteiger partial charge in [-0.2, -0.15) is 0 Å². The molecule has 0 aliphatic carbocycles. The largest absolute Gasteiger partial charge is 0.340 e. The monoisotopic (exact) mass is 284 g/mol. The number of carbonyl (C=O) groups excluding carboxylic acids is 1. The Morgan fingerprint density at radius 2 is 2.00 bits per heavy atom. The Kier molecular flexibility index (Phi) is 6.00. The molecule has 1 rings (SSSR count). The van der Waals surface area contributed by atoms with Gasteiger partial charge in [-0.3, -0.25) is 10.1 Å². The van der Waals surface area contributed by atoms with Crippen molar-refractivity contribution in [1.29, 1.82) is 0 Å². The average Bonchev–Trinajstić information content (AvgIpc) is 2.27. The summed E-state index contributed by atoms with van der Waals surface area (Å²) in [5, 5.41) is 3.96. The van der Waals surface area contributed by atoms with Crippen molar-refractivity contribution in [3.63, 3.8) is 0 Å². The van der Waals surface area contributed by atoms with E-state index in [2.05, 4.69) is 11.2 Å². The number of carbonyl (C=O) groups is 1. The van der Waals surface area contributed by atoms with Crippen LogP contribution >= 0.6 is 23.2 Å². The Labute approximate surface area is 117 Å². The van der Waals surface area contributed by atoms with Crippen LogP contribution in [0.2, 0.25) is 10.0 Å². The number of terminal acetylenes is 1. The maximum absolute atomic E-state index is 11.7. The Hall–Kier alpha value is -1.21. The number of amides is 1. The third-order valence-corrected chi connectivity index (χ3v) is 2.71. The predicted octanol–water partition coefficient (Wildman–Crippen LogP) is 2.17. The van der Waals surface area contributed by atoms with Crippen molar-refractivity contribution in [3.05, 3.63) is 33.8 Å². The van der Waals surface area contributed by atoms with E-state index in [4.69, 9.17) is 29.6 Å². The molecule has 1 N–H and O–H groups in total. The van der Waals surface area contributed by atoms with Crippen LogP contribution in [-0.4, -0.2) is 30.9 Å². The zero-order valence-corrected chi connectivity index (χ0v) is 11.6. The molecule has 0 heterocycles. The molecule has 0 aliphatic heterocycles. The van der Waals surface area contributed by atoms with Crippen LogP contribution in [0.4, 0.5) is 0 Å². The fraction of sp³-hybridized carbons (Fsp3) is 0.308. The maximum atomic E-state index is 11.7. The number of benzene rings is 1. The van der Waals surface area contributed by atoms with Gasteiger partial charge in [-0.05, 0) is 23.8 Å². The van der Waals surface area contributed by atoms with E-state index >= 15 is 0 Å². The molecule has 0 saturated carbocycles. The standard InChI is InChI=1S/C13H14Cl2N2O/c1-3-4-16-8-13(18)17(2)9-10-5-11(14)7-12(15)6-10/h1,5-7,16H,4,8-9H2,2H3. The second kappa shape index (κ2) is 7.27. The first-order chi connectivity index (χ1) is 8.52. The molecule has 1 aromatic carbocycles. The molecule has 5 heteroatoms. The van der Waals surface area contributed by atoms with Gasteiger partial charge in [0.15, 0.2) is 0 Å². The first-order valence-electron chi connectivity index (χ1n) is 5.36. The molecule has 1 aromatic rings. The number of hydrogen-bond donors (Lipinski definition) is 1. The molecular weight excluding hydrogens is 271 g/mol. The van der Waals surface area contributed by atoms with Crippen molar-refractivity contribution < 1.29 is 4.79 Å². The zero-order valence-electron chi connectivity index (χ0n) is 10.0. The lowest BCUT2D eigenvalue weighted by Gasteiger charge is -2.17. The molecule has 0 aliphatic rings. The minimum absolute atomic E-state index is 0.0404. The second-order valence-corrected chi connectivity index (χ2v) is 4.71. The highest BCUT2D eigenvalue weighted by atomic mass is 35.5. The SMILES string of the molecule is C#CCNCC(=O)N(C)Cc1cc(Cl)cc(Cl)c1. The van der Waals surface area contributed by atoms with Crippen molar-refractivity contribution in [1.82, 2.24) is 10.2 Å². The van der Waals surface area contributed by atoms with Crippen molar-refractivity contribution in [2.75, 3.05) is 20.1 Å². The Morgan fingerprint density at radius 3 is 2.56 bits per heavy atom. The van der Waals surface area contributed by atoms with Gasteiger partial charge in [0.25, 0.3) is 0 Å². The lowest BCUT2D eigenvalue weighted by atomic mass is 10.2. The van der Waals surface area contributed by atoms with Crippen molar-refractivity contribution in [2.45, 2.75) is 6.54 Å². The van der Waals surface area contributed by atoms with Gasteiger partial charge in [0, 0.05) is 23.6 Å². The van der Waals surface area contributed by atoms with Gasteiger partial charge in [-0.15, -0.1) is 6.42 Å². The van der Waals surface area contributed by atoms with E-state index in [1.54, 1.807) is 30.1 Å². The van der Waals surface area contributed by atoms with Gasteiger partial charge < -0.3 is 4.90 Å². The number of nitrogens with one attached hydrogen (secondary N) is 1. The second-order valence-electron chi connectivity index (χ2n) is 3.84. The van der Waals surface area contributed by atoms with Crippen molar-refractivity contribution >= 4 is 29.1 Å². The molecule has 0 saturated heterocycles. The predicted molar refractivity (Wildman–Crippen MR) is 74.6 cm³/mol. The number of hydrogen-bond acceptors (Lipinski definition) is 2. The van der Waals surface area contributed by atoms with E-state index in [0.29, 0.717) is 23.1 Å². The Bertz CT molecular complexity index is 448. The first kappa shape index (κ1) is 14.8. The highest BCUT2D eigenvalue weighted by Crippen LogP contribution is 2.19. The van der Waals surface area contributed by atoms with Crippen LogP contribution in [0.25, 0.3) is 0 Å². The van der Waals surface area contributed by atoms with Crippen molar-refractivity contribution in [2.24, 2.45) is 0 Å². The van der Waals surface area contributed by atoms with Gasteiger partial charge in [0.05, 0.1) is 13.1 Å². The minimum atomic E-state index is -0.0404. The zero-order chi connectivity index (χ0) is 13.5. The number of likely N-dealkylation sites (N-methyl/N-ethyl adjacent to an activating group) is 1. The van der Waals surface area contributed by atoms with Crippen LogP contribution in [0.5, 0.6) is 0 Å². The third-order valence-electron chi connectivity index (χ3n) is 2.27. The summed E-state index contributed by atoms with van der Waals surface area (Å²) in [5.41, 5.74) is 0.889. The molecule has 18 heavy (non-hydrogen) atoms. The van der Waals surface area contributed by atoms with E-state index in [-0.39, 0.29) is 12.5 Å². The summed E-state index contributed by atoms with van der Waals surface area (Å²) in [6.07, 6.45) is 5.08. The van der Waals surface area contributed by atoms with Crippen LogP contribution in [-0.2, 0) is 11.3 Å². The fourth-order valence-corrected chi connectivity index (χ4v) is 2.01. The summed E-state index contributed by atoms with van der Waals surface area (Å²) in [5.74, 6) is 2.37. The molecule has 0 bridgehead atoms. The van der Waals surface area contributed by atoms with E-state index in [1.165, 1.54) is 0 Å². The van der Waals surface area contributed by atoms with Crippen molar-refractivity contribution in [3.8, 4) is 12.3 Å². The lowest BCUT2D eigenvalue weighted by molar-refractivity contribution is -0.129. The molecule has 0 spiro atoms. The summed E-state index contributed by atoms with van der Waals surface area (Å²) in [4.78, 5) is 13.3. The summed E-state index contributed by atoms with van der Waals surface area (Å²) in [6, 6.07) is 5.22. The molecule has 0 unspecified atom stereocenters. The highest BCUT2D eigenvalue weighted by molar-refractivity contribution is 6.34. The summed E-state index contributed by atoms with van der Waals surface area (Å²) in [6.45, 7) is 1.05. The summed E-state index contributed by atoms with van der Waals surface area (Å²) < 4.78 is 0. The van der Waals surface area contributed by atoms with Crippen LogP contribution in [0.1, 0.15) is 5.56 Å². The average molecular weight is 285 g/mol. The number of rotatable bonds is 5. The molecule has 1 amide bonds. The van der Waals surface area contributed by atoms with E-state index < -0.39 is 0 Å². The van der Waals surface area contributed by atoms with Crippen LogP contribution in [0, 0.1) is 12.3 Å².